The third kappa shape index (κ3) is 2.93. The zero-order valence-corrected chi connectivity index (χ0v) is 9.85. The van der Waals surface area contributed by atoms with Crippen LogP contribution in [0.4, 0.5) is 0 Å². The van der Waals surface area contributed by atoms with E-state index in [1.54, 1.807) is 7.11 Å². The molecular weight excluding hydrogens is 216 g/mol. The number of hydrogen-bond donors (Lipinski definition) is 1. The van der Waals surface area contributed by atoms with Gasteiger partial charge in [0.05, 0.1) is 17.8 Å². The number of rotatable bonds is 5. The second-order valence-electron chi connectivity index (χ2n) is 3.70. The molecule has 0 radical (unpaired) electrons. The van der Waals surface area contributed by atoms with Gasteiger partial charge in [-0.25, -0.2) is 0 Å². The van der Waals surface area contributed by atoms with E-state index >= 15 is 0 Å². The van der Waals surface area contributed by atoms with Gasteiger partial charge in [0.25, 0.3) is 0 Å². The predicted octanol–water partition coefficient (Wildman–Crippen LogP) is 1.72. The summed E-state index contributed by atoms with van der Waals surface area (Å²) in [5.74, 6) is 0.830. The Morgan fingerprint density at radius 1 is 1.18 bits per heavy atom. The highest BCUT2D eigenvalue weighted by atomic mass is 16.5. The predicted molar refractivity (Wildman–Crippen MR) is 67.0 cm³/mol. The molecule has 0 aliphatic carbocycles. The van der Waals surface area contributed by atoms with Crippen LogP contribution in [-0.4, -0.2) is 25.3 Å². The van der Waals surface area contributed by atoms with Crippen LogP contribution in [-0.2, 0) is 11.3 Å². The summed E-state index contributed by atoms with van der Waals surface area (Å²) >= 11 is 0. The van der Waals surface area contributed by atoms with Gasteiger partial charge in [-0.3, -0.25) is 4.98 Å². The monoisotopic (exact) mass is 232 g/mol. The number of methoxy groups -OCH3 is 1. The lowest BCUT2D eigenvalue weighted by atomic mass is 10.2. The van der Waals surface area contributed by atoms with E-state index in [2.05, 4.69) is 4.98 Å². The molecule has 0 aliphatic heterocycles. The minimum absolute atomic E-state index is 0.460. The van der Waals surface area contributed by atoms with E-state index in [1.165, 1.54) is 0 Å². The van der Waals surface area contributed by atoms with E-state index in [4.69, 9.17) is 15.2 Å². The maximum atomic E-state index is 5.55. The van der Waals surface area contributed by atoms with Crippen LogP contribution >= 0.6 is 0 Å². The molecule has 2 N–H and O–H groups in total. The number of nitrogens with zero attached hydrogens (tertiary/aromatic N) is 1. The van der Waals surface area contributed by atoms with Crippen molar-refractivity contribution in [2.75, 3.05) is 20.3 Å². The summed E-state index contributed by atoms with van der Waals surface area (Å²) in [6.07, 6.45) is 0. The molecule has 0 spiro atoms. The summed E-state index contributed by atoms with van der Waals surface area (Å²) < 4.78 is 10.5. The Balaban J connectivity index is 2.19. The largest absolute Gasteiger partial charge is 0.491 e. The lowest BCUT2D eigenvalue weighted by molar-refractivity contribution is 0.146. The average Bonchev–Trinajstić information content (AvgIpc) is 2.38. The summed E-state index contributed by atoms with van der Waals surface area (Å²) in [7, 11) is 1.65. The molecule has 0 aliphatic rings. The molecule has 1 aromatic heterocycles. The van der Waals surface area contributed by atoms with Crippen molar-refractivity contribution in [1.29, 1.82) is 0 Å². The van der Waals surface area contributed by atoms with Gasteiger partial charge in [0.15, 0.2) is 0 Å². The van der Waals surface area contributed by atoms with E-state index in [9.17, 15) is 0 Å². The van der Waals surface area contributed by atoms with E-state index in [1.807, 2.05) is 30.3 Å². The van der Waals surface area contributed by atoms with Crippen LogP contribution in [0.3, 0.4) is 0 Å². The maximum absolute atomic E-state index is 5.55. The van der Waals surface area contributed by atoms with Crippen LogP contribution in [0.5, 0.6) is 5.75 Å². The van der Waals surface area contributed by atoms with Crippen molar-refractivity contribution < 1.29 is 9.47 Å². The van der Waals surface area contributed by atoms with Crippen LogP contribution in [0.1, 0.15) is 5.69 Å². The summed E-state index contributed by atoms with van der Waals surface area (Å²) in [5, 5.41) is 1.05. The van der Waals surface area contributed by atoms with Crippen LogP contribution in [0.2, 0.25) is 0 Å². The Morgan fingerprint density at radius 3 is 2.82 bits per heavy atom. The molecule has 1 heterocycles. The van der Waals surface area contributed by atoms with Crippen LogP contribution < -0.4 is 10.5 Å². The molecule has 0 unspecified atom stereocenters. The van der Waals surface area contributed by atoms with E-state index in [-0.39, 0.29) is 0 Å². The van der Waals surface area contributed by atoms with Crippen molar-refractivity contribution >= 4 is 10.9 Å². The number of hydrogen-bond acceptors (Lipinski definition) is 4. The smallest absolute Gasteiger partial charge is 0.120 e. The fourth-order valence-electron chi connectivity index (χ4n) is 1.59. The number of ether oxygens (including phenoxy) is 2. The summed E-state index contributed by atoms with van der Waals surface area (Å²) in [4.78, 5) is 4.43. The second kappa shape index (κ2) is 5.61. The van der Waals surface area contributed by atoms with Crippen LogP contribution in [0.25, 0.3) is 10.9 Å². The quantitative estimate of drug-likeness (QED) is 0.797. The van der Waals surface area contributed by atoms with E-state index in [0.29, 0.717) is 19.8 Å². The van der Waals surface area contributed by atoms with Gasteiger partial charge in [-0.15, -0.1) is 0 Å². The van der Waals surface area contributed by atoms with Gasteiger partial charge in [0.2, 0.25) is 0 Å². The summed E-state index contributed by atoms with van der Waals surface area (Å²) in [6, 6.07) is 9.76. The SMILES string of the molecule is COCCOc1ccc2nc(CN)ccc2c1. The fraction of sp³-hybridized carbons (Fsp3) is 0.308. The Labute approximate surface area is 100 Å². The van der Waals surface area contributed by atoms with Gasteiger partial charge < -0.3 is 15.2 Å². The lowest BCUT2D eigenvalue weighted by Gasteiger charge is -2.07. The van der Waals surface area contributed by atoms with Crippen LogP contribution in [0.15, 0.2) is 30.3 Å². The van der Waals surface area contributed by atoms with Crippen molar-refractivity contribution in [1.82, 2.24) is 4.98 Å². The number of nitrogens with two attached hydrogens (primary N) is 1. The Kier molecular flexibility index (Phi) is 3.90. The number of pyridine rings is 1. The average molecular weight is 232 g/mol. The fourth-order valence-corrected chi connectivity index (χ4v) is 1.59. The molecule has 17 heavy (non-hydrogen) atoms. The topological polar surface area (TPSA) is 57.4 Å². The van der Waals surface area contributed by atoms with Crippen molar-refractivity contribution in [3.8, 4) is 5.75 Å². The molecule has 4 nitrogen and oxygen atoms in total. The molecular formula is C13H16N2O2. The maximum Gasteiger partial charge on any atom is 0.120 e. The standard InChI is InChI=1S/C13H16N2O2/c1-16-6-7-17-12-4-5-13-10(8-12)2-3-11(9-14)15-13/h2-5,8H,6-7,9,14H2,1H3. The molecule has 2 rings (SSSR count). The first-order chi connectivity index (χ1) is 8.33. The molecule has 0 atom stereocenters. The summed E-state index contributed by atoms with van der Waals surface area (Å²) in [5.41, 5.74) is 7.38. The van der Waals surface area contributed by atoms with E-state index in [0.717, 1.165) is 22.3 Å². The van der Waals surface area contributed by atoms with E-state index < -0.39 is 0 Å². The number of benzene rings is 1. The molecule has 0 bridgehead atoms. The minimum Gasteiger partial charge on any atom is -0.491 e. The third-order valence-electron chi connectivity index (χ3n) is 2.48. The zero-order chi connectivity index (χ0) is 12.1. The highest BCUT2D eigenvalue weighted by Crippen LogP contribution is 2.19. The highest BCUT2D eigenvalue weighted by molar-refractivity contribution is 5.80. The van der Waals surface area contributed by atoms with Crippen LogP contribution in [0, 0.1) is 0 Å². The van der Waals surface area contributed by atoms with Gasteiger partial charge in [-0.05, 0) is 24.3 Å². The highest BCUT2D eigenvalue weighted by Gasteiger charge is 2.00. The molecule has 0 amide bonds. The first kappa shape index (κ1) is 11.8. The number of aromatic nitrogens is 1. The molecule has 0 saturated heterocycles. The van der Waals surface area contributed by atoms with Crippen molar-refractivity contribution in [3.63, 3.8) is 0 Å². The molecule has 2 aromatic rings. The first-order valence-corrected chi connectivity index (χ1v) is 5.55. The lowest BCUT2D eigenvalue weighted by Crippen LogP contribution is -2.04. The molecule has 0 fully saturated rings. The molecule has 1 aromatic carbocycles. The molecule has 0 saturated carbocycles. The van der Waals surface area contributed by atoms with Crippen molar-refractivity contribution in [2.45, 2.75) is 6.54 Å². The van der Waals surface area contributed by atoms with Gasteiger partial charge in [-0.1, -0.05) is 6.07 Å². The van der Waals surface area contributed by atoms with Gasteiger partial charge in [0.1, 0.15) is 12.4 Å². The molecule has 4 heteroatoms. The zero-order valence-electron chi connectivity index (χ0n) is 9.85. The number of fused-ring (bicyclic) bond motifs is 1. The van der Waals surface area contributed by atoms with Gasteiger partial charge in [0, 0.05) is 19.0 Å². The van der Waals surface area contributed by atoms with Gasteiger partial charge >= 0.3 is 0 Å². The Morgan fingerprint density at radius 2 is 2.06 bits per heavy atom. The first-order valence-electron chi connectivity index (χ1n) is 5.55. The van der Waals surface area contributed by atoms with Crippen molar-refractivity contribution in [3.05, 3.63) is 36.0 Å². The van der Waals surface area contributed by atoms with Gasteiger partial charge in [-0.2, -0.15) is 0 Å². The minimum atomic E-state index is 0.460. The summed E-state index contributed by atoms with van der Waals surface area (Å²) in [6.45, 7) is 1.60. The normalized spacial score (nSPS) is 10.7. The van der Waals surface area contributed by atoms with Crippen molar-refractivity contribution in [2.24, 2.45) is 5.73 Å². The Bertz CT molecular complexity index is 500. The third-order valence-corrected chi connectivity index (χ3v) is 2.48. The second-order valence-corrected chi connectivity index (χ2v) is 3.70. The Hall–Kier alpha value is -1.65. The molecule has 90 valence electrons.